The molecular weight excluding hydrogens is 321 g/mol. The van der Waals surface area contributed by atoms with Crippen LogP contribution in [0.25, 0.3) is 0 Å². The van der Waals surface area contributed by atoms with Gasteiger partial charge in [0.2, 0.25) is 0 Å². The average Bonchev–Trinajstić information content (AvgIpc) is 2.52. The van der Waals surface area contributed by atoms with E-state index < -0.39 is 17.8 Å². The standard InChI is InChI=1S/C17H17F3N2O2/c1-11(2)24-14-6-3-12(4-7-14)9-22-16(23)13-5-8-15(21-10-13)17(18,19)20/h3-8,10-11H,9H2,1-2H3,(H,22,23). The van der Waals surface area contributed by atoms with Gasteiger partial charge in [-0.15, -0.1) is 0 Å². The van der Waals surface area contributed by atoms with Gasteiger partial charge in [-0.2, -0.15) is 13.2 Å². The highest BCUT2D eigenvalue weighted by atomic mass is 19.4. The number of hydrogen-bond acceptors (Lipinski definition) is 3. The summed E-state index contributed by atoms with van der Waals surface area (Å²) in [5.41, 5.74) is -0.109. The molecule has 2 aromatic rings. The zero-order valence-electron chi connectivity index (χ0n) is 13.2. The fourth-order valence-electron chi connectivity index (χ4n) is 1.94. The number of carbonyl (C=O) groups excluding carboxylic acids is 1. The molecule has 7 heteroatoms. The molecule has 0 radical (unpaired) electrons. The number of alkyl halides is 3. The SMILES string of the molecule is CC(C)Oc1ccc(CNC(=O)c2ccc(C(F)(F)F)nc2)cc1. The van der Waals surface area contributed by atoms with Crippen molar-refractivity contribution in [3.05, 3.63) is 59.4 Å². The largest absolute Gasteiger partial charge is 0.491 e. The third kappa shape index (κ3) is 4.97. The molecule has 1 heterocycles. The van der Waals surface area contributed by atoms with Crippen LogP contribution in [0, 0.1) is 0 Å². The molecule has 0 aliphatic carbocycles. The van der Waals surface area contributed by atoms with Gasteiger partial charge in [-0.3, -0.25) is 9.78 Å². The van der Waals surface area contributed by atoms with E-state index in [0.29, 0.717) is 0 Å². The maximum atomic E-state index is 12.4. The minimum atomic E-state index is -4.52. The van der Waals surface area contributed by atoms with Crippen LogP contribution in [0.2, 0.25) is 0 Å². The number of pyridine rings is 1. The van der Waals surface area contributed by atoms with E-state index >= 15 is 0 Å². The summed E-state index contributed by atoms with van der Waals surface area (Å²) in [6.07, 6.45) is -3.53. The molecule has 0 aliphatic heterocycles. The lowest BCUT2D eigenvalue weighted by Gasteiger charge is -2.10. The summed E-state index contributed by atoms with van der Waals surface area (Å²) in [6, 6.07) is 9.09. The van der Waals surface area contributed by atoms with Gasteiger partial charge in [0.1, 0.15) is 11.4 Å². The van der Waals surface area contributed by atoms with Crippen LogP contribution in [-0.4, -0.2) is 17.0 Å². The second kappa shape index (κ2) is 7.33. The van der Waals surface area contributed by atoms with Crippen molar-refractivity contribution in [2.24, 2.45) is 0 Å². The Morgan fingerprint density at radius 1 is 1.17 bits per heavy atom. The zero-order chi connectivity index (χ0) is 17.7. The van der Waals surface area contributed by atoms with Gasteiger partial charge in [-0.05, 0) is 43.7 Å². The fourth-order valence-corrected chi connectivity index (χ4v) is 1.94. The number of ether oxygens (including phenoxy) is 1. The summed E-state index contributed by atoms with van der Waals surface area (Å²) in [4.78, 5) is 15.2. The summed E-state index contributed by atoms with van der Waals surface area (Å²) >= 11 is 0. The lowest BCUT2D eigenvalue weighted by molar-refractivity contribution is -0.141. The topological polar surface area (TPSA) is 51.2 Å². The predicted octanol–water partition coefficient (Wildman–Crippen LogP) is 3.82. The van der Waals surface area contributed by atoms with Gasteiger partial charge in [0.15, 0.2) is 0 Å². The highest BCUT2D eigenvalue weighted by Gasteiger charge is 2.32. The molecule has 0 saturated heterocycles. The normalized spacial score (nSPS) is 11.4. The van der Waals surface area contributed by atoms with Crippen molar-refractivity contribution in [1.82, 2.24) is 10.3 Å². The van der Waals surface area contributed by atoms with E-state index in [2.05, 4.69) is 10.3 Å². The average molecular weight is 338 g/mol. The van der Waals surface area contributed by atoms with Crippen molar-refractivity contribution in [3.8, 4) is 5.75 Å². The summed E-state index contributed by atoms with van der Waals surface area (Å²) in [7, 11) is 0. The van der Waals surface area contributed by atoms with Crippen LogP contribution >= 0.6 is 0 Å². The van der Waals surface area contributed by atoms with E-state index in [9.17, 15) is 18.0 Å². The van der Waals surface area contributed by atoms with Crippen molar-refractivity contribution in [3.63, 3.8) is 0 Å². The molecule has 0 bridgehead atoms. The van der Waals surface area contributed by atoms with Gasteiger partial charge in [-0.1, -0.05) is 12.1 Å². The molecule has 2 rings (SSSR count). The lowest BCUT2D eigenvalue weighted by Crippen LogP contribution is -2.23. The Kier molecular flexibility index (Phi) is 5.43. The molecule has 1 amide bonds. The zero-order valence-corrected chi connectivity index (χ0v) is 13.2. The molecule has 24 heavy (non-hydrogen) atoms. The minimum Gasteiger partial charge on any atom is -0.491 e. The molecule has 4 nitrogen and oxygen atoms in total. The molecular formula is C17H17F3N2O2. The van der Waals surface area contributed by atoms with Crippen molar-refractivity contribution in [2.75, 3.05) is 0 Å². The number of aromatic nitrogens is 1. The first kappa shape index (κ1) is 17.8. The van der Waals surface area contributed by atoms with Crippen LogP contribution in [0.5, 0.6) is 5.75 Å². The molecule has 0 aliphatic rings. The fraction of sp³-hybridized carbons (Fsp3) is 0.294. The van der Waals surface area contributed by atoms with Gasteiger partial charge in [0.05, 0.1) is 11.7 Å². The monoisotopic (exact) mass is 338 g/mol. The Morgan fingerprint density at radius 3 is 2.33 bits per heavy atom. The van der Waals surface area contributed by atoms with Crippen molar-refractivity contribution < 1.29 is 22.7 Å². The molecule has 1 aromatic carbocycles. The Hall–Kier alpha value is -2.57. The second-order valence-electron chi connectivity index (χ2n) is 5.42. The molecule has 0 unspecified atom stereocenters. The third-order valence-corrected chi connectivity index (χ3v) is 3.06. The van der Waals surface area contributed by atoms with E-state index in [1.54, 1.807) is 12.1 Å². The Labute approximate surface area is 137 Å². The van der Waals surface area contributed by atoms with Gasteiger partial charge in [0.25, 0.3) is 5.91 Å². The first-order chi connectivity index (χ1) is 11.3. The molecule has 0 atom stereocenters. The van der Waals surface area contributed by atoms with Gasteiger partial charge in [-0.25, -0.2) is 0 Å². The highest BCUT2D eigenvalue weighted by molar-refractivity contribution is 5.93. The summed E-state index contributed by atoms with van der Waals surface area (Å²) in [5.74, 6) is 0.241. The number of halogens is 3. The van der Waals surface area contributed by atoms with Gasteiger partial charge < -0.3 is 10.1 Å². The predicted molar refractivity (Wildman–Crippen MR) is 82.6 cm³/mol. The number of benzene rings is 1. The number of carbonyl (C=O) groups is 1. The lowest BCUT2D eigenvalue weighted by atomic mass is 10.2. The smallest absolute Gasteiger partial charge is 0.433 e. The van der Waals surface area contributed by atoms with Crippen molar-refractivity contribution in [2.45, 2.75) is 32.7 Å². The third-order valence-electron chi connectivity index (χ3n) is 3.06. The van der Waals surface area contributed by atoms with Crippen LogP contribution in [-0.2, 0) is 12.7 Å². The maximum Gasteiger partial charge on any atom is 0.433 e. The van der Waals surface area contributed by atoms with E-state index in [1.807, 2.05) is 26.0 Å². The van der Waals surface area contributed by atoms with Gasteiger partial charge in [0, 0.05) is 12.7 Å². The van der Waals surface area contributed by atoms with Crippen LogP contribution in [0.1, 0.15) is 35.5 Å². The molecule has 0 fully saturated rings. The summed E-state index contributed by atoms with van der Waals surface area (Å²) in [6.45, 7) is 4.10. The van der Waals surface area contributed by atoms with Crippen LogP contribution in [0.4, 0.5) is 13.2 Å². The first-order valence-electron chi connectivity index (χ1n) is 7.33. The van der Waals surface area contributed by atoms with E-state index in [-0.39, 0.29) is 18.2 Å². The number of hydrogen-bond donors (Lipinski definition) is 1. The number of nitrogens with zero attached hydrogens (tertiary/aromatic N) is 1. The van der Waals surface area contributed by atoms with Crippen LogP contribution in [0.3, 0.4) is 0 Å². The first-order valence-corrected chi connectivity index (χ1v) is 7.33. The summed E-state index contributed by atoms with van der Waals surface area (Å²) in [5, 5.41) is 2.63. The molecule has 1 aromatic heterocycles. The Morgan fingerprint density at radius 2 is 1.83 bits per heavy atom. The quantitative estimate of drug-likeness (QED) is 0.902. The molecule has 128 valence electrons. The van der Waals surface area contributed by atoms with E-state index in [0.717, 1.165) is 29.6 Å². The maximum absolute atomic E-state index is 12.4. The second-order valence-corrected chi connectivity index (χ2v) is 5.42. The van der Waals surface area contributed by atoms with Crippen LogP contribution in [0.15, 0.2) is 42.6 Å². The van der Waals surface area contributed by atoms with Gasteiger partial charge >= 0.3 is 6.18 Å². The Bertz CT molecular complexity index is 680. The molecule has 0 saturated carbocycles. The number of amides is 1. The van der Waals surface area contributed by atoms with E-state index in [1.165, 1.54) is 0 Å². The van der Waals surface area contributed by atoms with E-state index in [4.69, 9.17) is 4.74 Å². The number of nitrogens with one attached hydrogen (secondary N) is 1. The van der Waals surface area contributed by atoms with Crippen LogP contribution < -0.4 is 10.1 Å². The highest BCUT2D eigenvalue weighted by Crippen LogP contribution is 2.27. The summed E-state index contributed by atoms with van der Waals surface area (Å²) < 4.78 is 42.8. The number of rotatable bonds is 5. The van der Waals surface area contributed by atoms with Crippen molar-refractivity contribution in [1.29, 1.82) is 0 Å². The van der Waals surface area contributed by atoms with Crippen molar-refractivity contribution >= 4 is 5.91 Å². The molecule has 1 N–H and O–H groups in total. The minimum absolute atomic E-state index is 0.0720. The molecule has 0 spiro atoms. The Balaban J connectivity index is 1.93.